The molecule has 0 saturated heterocycles. The van der Waals surface area contributed by atoms with Gasteiger partial charge in [-0.1, -0.05) is 32.9 Å². The van der Waals surface area contributed by atoms with Crippen molar-refractivity contribution in [3.8, 4) is 0 Å². The van der Waals surface area contributed by atoms with E-state index in [9.17, 15) is 14.7 Å². The van der Waals surface area contributed by atoms with E-state index in [2.05, 4.69) is 11.9 Å². The highest BCUT2D eigenvalue weighted by Gasteiger charge is 2.30. The molecule has 0 bridgehead atoms. The summed E-state index contributed by atoms with van der Waals surface area (Å²) >= 11 is 0. The molecule has 22 heavy (non-hydrogen) atoms. The summed E-state index contributed by atoms with van der Waals surface area (Å²) in [6.07, 6.45) is 0.337. The van der Waals surface area contributed by atoms with E-state index < -0.39 is 29.8 Å². The number of rotatable bonds is 8. The van der Waals surface area contributed by atoms with Crippen molar-refractivity contribution in [2.24, 2.45) is 5.92 Å². The van der Waals surface area contributed by atoms with Crippen LogP contribution in [0.1, 0.15) is 47.5 Å². The molecule has 0 aromatic heterocycles. The van der Waals surface area contributed by atoms with E-state index in [4.69, 9.17) is 9.47 Å². The van der Waals surface area contributed by atoms with Crippen molar-refractivity contribution >= 4 is 12.1 Å². The number of carbonyl (C=O) groups is 2. The van der Waals surface area contributed by atoms with Gasteiger partial charge in [0.15, 0.2) is 0 Å². The van der Waals surface area contributed by atoms with Gasteiger partial charge in [-0.3, -0.25) is 4.79 Å². The second-order valence-electron chi connectivity index (χ2n) is 6.30. The van der Waals surface area contributed by atoms with Crippen LogP contribution in [-0.2, 0) is 14.3 Å². The number of nitrogens with one attached hydrogen (secondary N) is 1. The zero-order valence-electron chi connectivity index (χ0n) is 14.2. The lowest BCUT2D eigenvalue weighted by atomic mass is 9.93. The summed E-state index contributed by atoms with van der Waals surface area (Å²) in [5.74, 6) is -0.554. The summed E-state index contributed by atoms with van der Waals surface area (Å²) in [5, 5.41) is 12.9. The Morgan fingerprint density at radius 3 is 2.41 bits per heavy atom. The third-order valence-corrected chi connectivity index (χ3v) is 3.09. The zero-order chi connectivity index (χ0) is 17.3. The van der Waals surface area contributed by atoms with Crippen LogP contribution in [0.25, 0.3) is 0 Å². The van der Waals surface area contributed by atoms with Crippen molar-refractivity contribution in [1.29, 1.82) is 0 Å². The van der Waals surface area contributed by atoms with E-state index in [1.54, 1.807) is 20.8 Å². The summed E-state index contributed by atoms with van der Waals surface area (Å²) in [6, 6.07) is -0.587. The summed E-state index contributed by atoms with van der Waals surface area (Å²) < 4.78 is 10.0. The molecular weight excluding hydrogens is 286 g/mol. The fourth-order valence-corrected chi connectivity index (χ4v) is 1.82. The number of hydrogen-bond acceptors (Lipinski definition) is 5. The minimum atomic E-state index is -1.04. The first kappa shape index (κ1) is 20.4. The molecule has 6 nitrogen and oxygen atoms in total. The molecule has 128 valence electrons. The van der Waals surface area contributed by atoms with E-state index in [0.29, 0.717) is 0 Å². The summed E-state index contributed by atoms with van der Waals surface area (Å²) in [4.78, 5) is 23.4. The lowest BCUT2D eigenvalue weighted by molar-refractivity contribution is -0.145. The molecule has 0 aromatic carbocycles. The Bertz CT molecular complexity index is 375. The molecule has 0 fully saturated rings. The monoisotopic (exact) mass is 315 g/mol. The fraction of sp³-hybridized carbons (Fsp3) is 0.750. The average molecular weight is 315 g/mol. The Balaban J connectivity index is 4.72. The van der Waals surface area contributed by atoms with Crippen LogP contribution >= 0.6 is 0 Å². The predicted molar refractivity (Wildman–Crippen MR) is 84.4 cm³/mol. The Hall–Kier alpha value is -1.56. The molecule has 0 aliphatic carbocycles. The van der Waals surface area contributed by atoms with Crippen molar-refractivity contribution in [2.45, 2.75) is 65.2 Å². The van der Waals surface area contributed by atoms with Crippen LogP contribution in [0.4, 0.5) is 4.79 Å². The zero-order valence-corrected chi connectivity index (χ0v) is 14.2. The SMILES string of the molecule is C=CCOC(=O)C[C@H](O)[C@H](NC(=O)OC(C)(C)C)[C@@H](C)CC. The highest BCUT2D eigenvalue weighted by atomic mass is 16.6. The minimum Gasteiger partial charge on any atom is -0.461 e. The summed E-state index contributed by atoms with van der Waals surface area (Å²) in [5.41, 5.74) is -0.627. The summed E-state index contributed by atoms with van der Waals surface area (Å²) in [7, 11) is 0. The number of aliphatic hydroxyl groups excluding tert-OH is 1. The van der Waals surface area contributed by atoms with Gasteiger partial charge in [-0.2, -0.15) is 0 Å². The molecule has 0 saturated carbocycles. The molecule has 0 heterocycles. The van der Waals surface area contributed by atoms with Crippen LogP contribution in [0.5, 0.6) is 0 Å². The number of hydrogen-bond donors (Lipinski definition) is 2. The highest BCUT2D eigenvalue weighted by Crippen LogP contribution is 2.16. The molecule has 0 rings (SSSR count). The van der Waals surface area contributed by atoms with Gasteiger partial charge < -0.3 is 19.9 Å². The van der Waals surface area contributed by atoms with Gasteiger partial charge in [0.2, 0.25) is 0 Å². The van der Waals surface area contributed by atoms with E-state index in [-0.39, 0.29) is 18.9 Å². The Morgan fingerprint density at radius 2 is 1.95 bits per heavy atom. The molecule has 6 heteroatoms. The third-order valence-electron chi connectivity index (χ3n) is 3.09. The van der Waals surface area contributed by atoms with Gasteiger partial charge in [0, 0.05) is 0 Å². The molecule has 3 atom stereocenters. The molecule has 0 radical (unpaired) electrons. The maximum Gasteiger partial charge on any atom is 0.407 e. The van der Waals surface area contributed by atoms with Gasteiger partial charge in [-0.05, 0) is 26.7 Å². The normalized spacial score (nSPS) is 15.4. The topological polar surface area (TPSA) is 84.9 Å². The third kappa shape index (κ3) is 8.67. The van der Waals surface area contributed by atoms with Crippen molar-refractivity contribution in [3.05, 3.63) is 12.7 Å². The Labute approximate surface area is 132 Å². The van der Waals surface area contributed by atoms with Crippen LogP contribution in [0, 0.1) is 5.92 Å². The second kappa shape index (κ2) is 9.46. The fourth-order valence-electron chi connectivity index (χ4n) is 1.82. The molecular formula is C16H29NO5. The van der Waals surface area contributed by atoms with E-state index >= 15 is 0 Å². The lowest BCUT2D eigenvalue weighted by Crippen LogP contribution is -2.49. The first-order valence-electron chi connectivity index (χ1n) is 7.54. The van der Waals surface area contributed by atoms with Gasteiger partial charge >= 0.3 is 12.1 Å². The van der Waals surface area contributed by atoms with Gasteiger partial charge in [0.1, 0.15) is 12.2 Å². The maximum absolute atomic E-state index is 11.9. The first-order valence-corrected chi connectivity index (χ1v) is 7.54. The largest absolute Gasteiger partial charge is 0.461 e. The molecule has 2 N–H and O–H groups in total. The van der Waals surface area contributed by atoms with Crippen LogP contribution in [0.2, 0.25) is 0 Å². The predicted octanol–water partition coefficient (Wildman–Crippen LogP) is 2.41. The van der Waals surface area contributed by atoms with E-state index in [0.717, 1.165) is 6.42 Å². The van der Waals surface area contributed by atoms with Gasteiger partial charge in [0.05, 0.1) is 18.6 Å². The van der Waals surface area contributed by atoms with Crippen LogP contribution in [0.15, 0.2) is 12.7 Å². The average Bonchev–Trinajstić information content (AvgIpc) is 2.39. The number of aliphatic hydroxyl groups is 1. The molecule has 0 aromatic rings. The van der Waals surface area contributed by atoms with E-state index in [1.807, 2.05) is 13.8 Å². The number of ether oxygens (including phenoxy) is 2. The maximum atomic E-state index is 11.9. The Kier molecular flexibility index (Phi) is 8.79. The van der Waals surface area contributed by atoms with Crippen molar-refractivity contribution < 1.29 is 24.2 Å². The molecule has 0 spiro atoms. The number of amides is 1. The standard InChI is InChI=1S/C16H29NO5/c1-7-9-21-13(19)10-12(18)14(11(3)8-2)17-15(20)22-16(4,5)6/h7,11-12,14,18H,1,8-10H2,2-6H3,(H,17,20)/t11-,12-,14+/m0/s1. The molecule has 0 aliphatic rings. The van der Waals surface area contributed by atoms with Crippen molar-refractivity contribution in [3.63, 3.8) is 0 Å². The second-order valence-corrected chi connectivity index (χ2v) is 6.30. The van der Waals surface area contributed by atoms with Gasteiger partial charge in [-0.25, -0.2) is 4.79 Å². The van der Waals surface area contributed by atoms with Crippen LogP contribution in [0.3, 0.4) is 0 Å². The lowest BCUT2D eigenvalue weighted by Gasteiger charge is -2.30. The number of carbonyl (C=O) groups excluding carboxylic acids is 2. The number of esters is 1. The minimum absolute atomic E-state index is 0.0188. The van der Waals surface area contributed by atoms with E-state index in [1.165, 1.54) is 6.08 Å². The van der Waals surface area contributed by atoms with Crippen molar-refractivity contribution in [1.82, 2.24) is 5.32 Å². The van der Waals surface area contributed by atoms with Crippen LogP contribution < -0.4 is 5.32 Å². The van der Waals surface area contributed by atoms with Gasteiger partial charge in [0.25, 0.3) is 0 Å². The van der Waals surface area contributed by atoms with Gasteiger partial charge in [-0.15, -0.1) is 0 Å². The Morgan fingerprint density at radius 1 is 1.36 bits per heavy atom. The smallest absolute Gasteiger partial charge is 0.407 e. The highest BCUT2D eigenvalue weighted by molar-refractivity contribution is 5.71. The quantitative estimate of drug-likeness (QED) is 0.531. The van der Waals surface area contributed by atoms with Crippen molar-refractivity contribution in [2.75, 3.05) is 6.61 Å². The molecule has 1 amide bonds. The molecule has 0 unspecified atom stereocenters. The number of alkyl carbamates (subject to hydrolysis) is 1. The summed E-state index contributed by atoms with van der Waals surface area (Å²) in [6.45, 7) is 12.6. The van der Waals surface area contributed by atoms with Crippen LogP contribution in [-0.4, -0.2) is 41.5 Å². The molecule has 0 aliphatic heterocycles. The first-order chi connectivity index (χ1) is 10.1.